The molecule has 0 saturated carbocycles. The first-order chi connectivity index (χ1) is 7.00. The Kier molecular flexibility index (Phi) is 2.82. The van der Waals surface area contributed by atoms with E-state index in [0.29, 0.717) is 11.2 Å². The quantitative estimate of drug-likeness (QED) is 0.726. The summed E-state index contributed by atoms with van der Waals surface area (Å²) in [4.78, 5) is 1.42. The monoisotopic (exact) mass is 221 g/mol. The molecular formula is C13H19NS. The van der Waals surface area contributed by atoms with Crippen LogP contribution in [0, 0.1) is 19.8 Å². The highest BCUT2D eigenvalue weighted by Gasteiger charge is 2.30. The Balaban J connectivity index is 2.55. The zero-order valence-electron chi connectivity index (χ0n) is 9.87. The molecule has 2 rings (SSSR count). The lowest BCUT2D eigenvalue weighted by Gasteiger charge is -2.34. The number of thioether (sulfide) groups is 1. The standard InChI is InChI=1S/C13H19NS/c1-7-5-8(2)13-11(6-7)12(14)9(3)10(4)15-13/h5-6,9-10,12H,14H2,1-4H3. The van der Waals surface area contributed by atoms with Crippen molar-refractivity contribution in [2.75, 3.05) is 0 Å². The van der Waals surface area contributed by atoms with Gasteiger partial charge in [0.25, 0.3) is 0 Å². The van der Waals surface area contributed by atoms with E-state index in [4.69, 9.17) is 5.73 Å². The zero-order chi connectivity index (χ0) is 11.2. The fourth-order valence-corrected chi connectivity index (χ4v) is 3.60. The van der Waals surface area contributed by atoms with Crippen LogP contribution in [0.25, 0.3) is 0 Å². The van der Waals surface area contributed by atoms with Crippen LogP contribution in [0.1, 0.15) is 36.6 Å². The van der Waals surface area contributed by atoms with Gasteiger partial charge in [0, 0.05) is 16.2 Å². The van der Waals surface area contributed by atoms with Gasteiger partial charge in [0.15, 0.2) is 0 Å². The van der Waals surface area contributed by atoms with Crippen molar-refractivity contribution in [2.45, 2.75) is 43.9 Å². The number of hydrogen-bond donors (Lipinski definition) is 1. The Morgan fingerprint density at radius 2 is 1.87 bits per heavy atom. The van der Waals surface area contributed by atoms with Crippen LogP contribution in [0.15, 0.2) is 17.0 Å². The normalized spacial score (nSPS) is 30.1. The fourth-order valence-electron chi connectivity index (χ4n) is 2.26. The van der Waals surface area contributed by atoms with Crippen LogP contribution < -0.4 is 5.73 Å². The molecule has 0 aromatic heterocycles. The minimum absolute atomic E-state index is 0.204. The summed E-state index contributed by atoms with van der Waals surface area (Å²) < 4.78 is 0. The summed E-state index contributed by atoms with van der Waals surface area (Å²) in [6.45, 7) is 8.86. The van der Waals surface area contributed by atoms with Gasteiger partial charge < -0.3 is 5.73 Å². The molecule has 3 unspecified atom stereocenters. The summed E-state index contributed by atoms with van der Waals surface area (Å²) in [6, 6.07) is 4.71. The van der Waals surface area contributed by atoms with Crippen LogP contribution >= 0.6 is 11.8 Å². The van der Waals surface area contributed by atoms with Gasteiger partial charge >= 0.3 is 0 Å². The Labute approximate surface area is 96.4 Å². The van der Waals surface area contributed by atoms with Gasteiger partial charge in [-0.25, -0.2) is 0 Å². The van der Waals surface area contributed by atoms with Crippen LogP contribution in [0.2, 0.25) is 0 Å². The summed E-state index contributed by atoms with van der Waals surface area (Å²) in [7, 11) is 0. The maximum absolute atomic E-state index is 6.30. The van der Waals surface area contributed by atoms with Crippen LogP contribution in [-0.2, 0) is 0 Å². The summed E-state index contributed by atoms with van der Waals surface area (Å²) in [5.41, 5.74) is 10.4. The summed E-state index contributed by atoms with van der Waals surface area (Å²) >= 11 is 1.98. The maximum atomic E-state index is 6.30. The predicted octanol–water partition coefficient (Wildman–Crippen LogP) is 3.43. The highest BCUT2D eigenvalue weighted by atomic mass is 32.2. The molecule has 0 spiro atoms. The minimum atomic E-state index is 0.204. The maximum Gasteiger partial charge on any atom is 0.0342 e. The van der Waals surface area contributed by atoms with Crippen LogP contribution in [0.5, 0.6) is 0 Å². The van der Waals surface area contributed by atoms with Crippen LogP contribution in [-0.4, -0.2) is 5.25 Å². The van der Waals surface area contributed by atoms with Crippen molar-refractivity contribution in [2.24, 2.45) is 11.7 Å². The third kappa shape index (κ3) is 1.81. The minimum Gasteiger partial charge on any atom is -0.324 e. The second-order valence-corrected chi connectivity index (χ2v) is 6.10. The number of benzene rings is 1. The van der Waals surface area contributed by atoms with Gasteiger partial charge in [0.05, 0.1) is 0 Å². The first-order valence-corrected chi connectivity index (χ1v) is 6.42. The molecule has 3 atom stereocenters. The lowest BCUT2D eigenvalue weighted by molar-refractivity contribution is 0.452. The van der Waals surface area contributed by atoms with Crippen molar-refractivity contribution in [3.8, 4) is 0 Å². The van der Waals surface area contributed by atoms with Gasteiger partial charge in [-0.05, 0) is 30.9 Å². The lowest BCUT2D eigenvalue weighted by Crippen LogP contribution is -2.30. The van der Waals surface area contributed by atoms with Crippen LogP contribution in [0.4, 0.5) is 0 Å². The zero-order valence-corrected chi connectivity index (χ0v) is 10.7. The molecule has 2 N–H and O–H groups in total. The molecule has 0 fully saturated rings. The molecule has 1 aliphatic rings. The summed E-state index contributed by atoms with van der Waals surface area (Å²) in [5, 5.41) is 0.619. The first kappa shape index (κ1) is 11.0. The number of fused-ring (bicyclic) bond motifs is 1. The largest absolute Gasteiger partial charge is 0.324 e. The van der Waals surface area contributed by atoms with E-state index in [1.54, 1.807) is 0 Å². The Morgan fingerprint density at radius 1 is 1.20 bits per heavy atom. The average Bonchev–Trinajstić information content (AvgIpc) is 2.17. The molecule has 0 bridgehead atoms. The molecule has 1 nitrogen and oxygen atoms in total. The molecule has 2 heteroatoms. The van der Waals surface area contributed by atoms with Gasteiger partial charge in [-0.2, -0.15) is 0 Å². The molecule has 0 aliphatic carbocycles. The molecule has 1 aromatic rings. The molecule has 1 heterocycles. The summed E-state index contributed by atoms with van der Waals surface area (Å²) in [6.07, 6.45) is 0. The van der Waals surface area contributed by atoms with Gasteiger partial charge in [0.2, 0.25) is 0 Å². The van der Waals surface area contributed by atoms with E-state index in [1.165, 1.54) is 21.6 Å². The SMILES string of the molecule is Cc1cc(C)c2c(c1)C(N)C(C)C(C)S2. The molecule has 0 radical (unpaired) electrons. The van der Waals surface area contributed by atoms with E-state index in [-0.39, 0.29) is 6.04 Å². The van der Waals surface area contributed by atoms with Gasteiger partial charge in [-0.3, -0.25) is 0 Å². The van der Waals surface area contributed by atoms with Crippen molar-refractivity contribution in [1.29, 1.82) is 0 Å². The molecule has 15 heavy (non-hydrogen) atoms. The Morgan fingerprint density at radius 3 is 2.53 bits per heavy atom. The molecule has 82 valence electrons. The van der Waals surface area contributed by atoms with E-state index in [2.05, 4.69) is 39.8 Å². The van der Waals surface area contributed by atoms with Crippen LogP contribution in [0.3, 0.4) is 0 Å². The Bertz CT molecular complexity index is 386. The third-order valence-corrected chi connectivity index (χ3v) is 5.01. The van der Waals surface area contributed by atoms with E-state index >= 15 is 0 Å². The number of nitrogens with two attached hydrogens (primary N) is 1. The Hall–Kier alpha value is -0.470. The molecule has 0 amide bonds. The van der Waals surface area contributed by atoms with E-state index in [1.807, 2.05) is 11.8 Å². The fraction of sp³-hybridized carbons (Fsp3) is 0.538. The predicted molar refractivity (Wildman–Crippen MR) is 67.3 cm³/mol. The van der Waals surface area contributed by atoms with Crippen molar-refractivity contribution in [3.63, 3.8) is 0 Å². The molecule has 1 aromatic carbocycles. The van der Waals surface area contributed by atoms with Gasteiger partial charge in [-0.1, -0.05) is 31.5 Å². The van der Waals surface area contributed by atoms with Crippen molar-refractivity contribution >= 4 is 11.8 Å². The number of hydrogen-bond acceptors (Lipinski definition) is 2. The van der Waals surface area contributed by atoms with E-state index in [0.717, 1.165) is 0 Å². The van der Waals surface area contributed by atoms with Crippen molar-refractivity contribution in [1.82, 2.24) is 0 Å². The molecule has 1 aliphatic heterocycles. The number of rotatable bonds is 0. The van der Waals surface area contributed by atoms with Gasteiger partial charge in [0.1, 0.15) is 0 Å². The second kappa shape index (κ2) is 3.84. The molecular weight excluding hydrogens is 202 g/mol. The van der Waals surface area contributed by atoms with E-state index < -0.39 is 0 Å². The van der Waals surface area contributed by atoms with Crippen molar-refractivity contribution in [3.05, 3.63) is 28.8 Å². The molecule has 0 saturated heterocycles. The first-order valence-electron chi connectivity index (χ1n) is 5.54. The van der Waals surface area contributed by atoms with Crippen molar-refractivity contribution < 1.29 is 0 Å². The van der Waals surface area contributed by atoms with E-state index in [9.17, 15) is 0 Å². The topological polar surface area (TPSA) is 26.0 Å². The smallest absolute Gasteiger partial charge is 0.0342 e. The highest BCUT2D eigenvalue weighted by molar-refractivity contribution is 8.00. The number of aryl methyl sites for hydroxylation is 2. The lowest BCUT2D eigenvalue weighted by atomic mass is 9.90. The van der Waals surface area contributed by atoms with Gasteiger partial charge in [-0.15, -0.1) is 11.8 Å². The third-order valence-electron chi connectivity index (χ3n) is 3.42. The summed E-state index contributed by atoms with van der Waals surface area (Å²) in [5.74, 6) is 0.559. The highest BCUT2D eigenvalue weighted by Crippen LogP contribution is 2.44. The average molecular weight is 221 g/mol. The second-order valence-electron chi connectivity index (χ2n) is 4.71.